The van der Waals surface area contributed by atoms with Gasteiger partial charge in [0, 0.05) is 19.0 Å². The van der Waals surface area contributed by atoms with Crippen LogP contribution in [0.15, 0.2) is 58.9 Å². The van der Waals surface area contributed by atoms with E-state index in [4.69, 9.17) is 19.9 Å². The maximum Gasteiger partial charge on any atom is 0.308 e. The van der Waals surface area contributed by atoms with Crippen LogP contribution in [0.3, 0.4) is 0 Å². The van der Waals surface area contributed by atoms with Crippen LogP contribution >= 0.6 is 11.3 Å². The number of hydrogen-bond acceptors (Lipinski definition) is 7. The monoisotopic (exact) mass is 453 g/mol. The number of benzene rings is 2. The standard InChI is InChI=1S/C23H23N3O5S/c1-14(27)31-21-18(29-2)11-16(12-19(21)30-3)23(28)25-13-15-6-8-17(9-7-15)26-22(24)20-5-4-10-32-20/h4-12H,13H2,1-3H3,(H2,24,26)(H,25,28). The van der Waals surface area contributed by atoms with Crippen LogP contribution in [0.25, 0.3) is 0 Å². The Morgan fingerprint density at radius 2 is 1.72 bits per heavy atom. The van der Waals surface area contributed by atoms with E-state index in [1.165, 1.54) is 44.6 Å². The van der Waals surface area contributed by atoms with E-state index in [9.17, 15) is 9.59 Å². The predicted molar refractivity (Wildman–Crippen MR) is 123 cm³/mol. The van der Waals surface area contributed by atoms with Crippen LogP contribution in [0.5, 0.6) is 17.2 Å². The summed E-state index contributed by atoms with van der Waals surface area (Å²) >= 11 is 1.53. The lowest BCUT2D eigenvalue weighted by Gasteiger charge is -2.14. The average Bonchev–Trinajstić information content (AvgIpc) is 3.33. The number of thiophene rings is 1. The molecule has 3 rings (SSSR count). The van der Waals surface area contributed by atoms with Crippen molar-refractivity contribution in [1.29, 1.82) is 0 Å². The third-order valence-corrected chi connectivity index (χ3v) is 5.27. The van der Waals surface area contributed by atoms with Crippen molar-refractivity contribution in [3.63, 3.8) is 0 Å². The summed E-state index contributed by atoms with van der Waals surface area (Å²) in [7, 11) is 2.83. The smallest absolute Gasteiger partial charge is 0.308 e. The fraction of sp³-hybridized carbons (Fsp3) is 0.174. The van der Waals surface area contributed by atoms with Gasteiger partial charge in [-0.05, 0) is 41.3 Å². The predicted octanol–water partition coefficient (Wildman–Crippen LogP) is 3.66. The number of esters is 1. The van der Waals surface area contributed by atoms with Crippen LogP contribution in [0.4, 0.5) is 5.69 Å². The molecule has 2 aromatic carbocycles. The summed E-state index contributed by atoms with van der Waals surface area (Å²) in [4.78, 5) is 29.3. The maximum atomic E-state index is 12.7. The van der Waals surface area contributed by atoms with Gasteiger partial charge in [-0.15, -0.1) is 11.3 Å². The van der Waals surface area contributed by atoms with Crippen LogP contribution in [0.2, 0.25) is 0 Å². The summed E-state index contributed by atoms with van der Waals surface area (Å²) < 4.78 is 15.7. The Labute approximate surface area is 189 Å². The van der Waals surface area contributed by atoms with Crippen LogP contribution in [0.1, 0.15) is 27.7 Å². The van der Waals surface area contributed by atoms with Gasteiger partial charge in [0.25, 0.3) is 5.91 Å². The Bertz CT molecular complexity index is 1100. The Hall–Kier alpha value is -3.85. The molecule has 3 aromatic rings. The van der Waals surface area contributed by atoms with Gasteiger partial charge in [0.15, 0.2) is 11.5 Å². The second-order valence-corrected chi connectivity index (χ2v) is 7.57. The fourth-order valence-electron chi connectivity index (χ4n) is 2.85. The largest absolute Gasteiger partial charge is 0.493 e. The van der Waals surface area contributed by atoms with Gasteiger partial charge in [0.2, 0.25) is 5.75 Å². The van der Waals surface area contributed by atoms with E-state index in [0.717, 1.165) is 16.1 Å². The zero-order valence-corrected chi connectivity index (χ0v) is 18.7. The van der Waals surface area contributed by atoms with Crippen molar-refractivity contribution in [2.75, 3.05) is 14.2 Å². The topological polar surface area (TPSA) is 112 Å². The molecule has 1 aromatic heterocycles. The zero-order valence-electron chi connectivity index (χ0n) is 17.9. The molecule has 3 N–H and O–H groups in total. The van der Waals surface area contributed by atoms with E-state index >= 15 is 0 Å². The molecular formula is C23H23N3O5S. The number of methoxy groups -OCH3 is 2. The van der Waals surface area contributed by atoms with E-state index < -0.39 is 5.97 Å². The summed E-state index contributed by atoms with van der Waals surface area (Å²) in [6.45, 7) is 1.58. The fourth-order valence-corrected chi connectivity index (χ4v) is 3.47. The summed E-state index contributed by atoms with van der Waals surface area (Å²) in [5.74, 6) is 0.160. The van der Waals surface area contributed by atoms with Crippen molar-refractivity contribution in [3.8, 4) is 17.2 Å². The lowest BCUT2D eigenvalue weighted by atomic mass is 10.1. The molecule has 0 aliphatic rings. The molecule has 0 atom stereocenters. The molecule has 0 aliphatic carbocycles. The van der Waals surface area contributed by atoms with E-state index in [0.29, 0.717) is 17.9 Å². The van der Waals surface area contributed by atoms with Crippen LogP contribution in [0, 0.1) is 0 Å². The molecule has 0 saturated carbocycles. The summed E-state index contributed by atoms with van der Waals surface area (Å²) in [6.07, 6.45) is 0. The van der Waals surface area contributed by atoms with Gasteiger partial charge in [-0.3, -0.25) is 9.59 Å². The van der Waals surface area contributed by atoms with Gasteiger partial charge in [-0.2, -0.15) is 0 Å². The van der Waals surface area contributed by atoms with Gasteiger partial charge in [-0.1, -0.05) is 18.2 Å². The molecule has 9 heteroatoms. The SMILES string of the molecule is COc1cc(C(=O)NCc2ccc(N=C(N)c3cccs3)cc2)cc(OC)c1OC(C)=O. The third-order valence-electron chi connectivity index (χ3n) is 4.38. The molecule has 0 fully saturated rings. The molecule has 0 unspecified atom stereocenters. The molecular weight excluding hydrogens is 430 g/mol. The van der Waals surface area contributed by atoms with Crippen molar-refractivity contribution >= 4 is 34.7 Å². The van der Waals surface area contributed by atoms with Gasteiger partial charge in [0.1, 0.15) is 5.84 Å². The molecule has 32 heavy (non-hydrogen) atoms. The highest BCUT2D eigenvalue weighted by Gasteiger charge is 2.19. The minimum atomic E-state index is -0.524. The van der Waals surface area contributed by atoms with Gasteiger partial charge in [0.05, 0.1) is 24.8 Å². The summed E-state index contributed by atoms with van der Waals surface area (Å²) in [5, 5.41) is 4.79. The first-order chi connectivity index (χ1) is 15.4. The molecule has 0 aliphatic heterocycles. The molecule has 1 amide bonds. The molecule has 0 radical (unpaired) electrons. The van der Waals surface area contributed by atoms with Gasteiger partial charge < -0.3 is 25.3 Å². The van der Waals surface area contributed by atoms with Crippen molar-refractivity contribution in [2.45, 2.75) is 13.5 Å². The highest BCUT2D eigenvalue weighted by atomic mass is 32.1. The summed E-state index contributed by atoms with van der Waals surface area (Å²) in [6, 6.07) is 14.2. The van der Waals surface area contributed by atoms with Gasteiger partial charge in [-0.25, -0.2) is 4.99 Å². The number of rotatable bonds is 8. The van der Waals surface area contributed by atoms with E-state index in [1.54, 1.807) is 0 Å². The number of carbonyl (C=O) groups is 2. The number of ether oxygens (including phenoxy) is 3. The molecule has 0 spiro atoms. The number of carbonyl (C=O) groups excluding carboxylic acids is 2. The van der Waals surface area contributed by atoms with Crippen molar-refractivity contribution in [2.24, 2.45) is 10.7 Å². The molecule has 1 heterocycles. The third kappa shape index (κ3) is 5.64. The Kier molecular flexibility index (Phi) is 7.45. The zero-order chi connectivity index (χ0) is 23.1. The van der Waals surface area contributed by atoms with Crippen LogP contribution in [-0.2, 0) is 11.3 Å². The normalized spacial score (nSPS) is 11.0. The number of amides is 1. The van der Waals surface area contributed by atoms with E-state index in [-0.39, 0.29) is 23.2 Å². The van der Waals surface area contributed by atoms with Crippen molar-refractivity contribution < 1.29 is 23.8 Å². The Morgan fingerprint density at radius 1 is 1.06 bits per heavy atom. The molecule has 0 bridgehead atoms. The Morgan fingerprint density at radius 3 is 2.25 bits per heavy atom. The van der Waals surface area contributed by atoms with Gasteiger partial charge >= 0.3 is 5.97 Å². The minimum absolute atomic E-state index is 0.122. The van der Waals surface area contributed by atoms with E-state index in [2.05, 4.69) is 10.3 Å². The average molecular weight is 454 g/mol. The molecule has 0 saturated heterocycles. The number of aliphatic imine (C=N–C) groups is 1. The highest BCUT2D eigenvalue weighted by molar-refractivity contribution is 7.12. The lowest BCUT2D eigenvalue weighted by Crippen LogP contribution is -2.23. The second kappa shape index (κ2) is 10.5. The number of nitrogens with two attached hydrogens (primary N) is 1. The number of nitrogens with zero attached hydrogens (tertiary/aromatic N) is 1. The van der Waals surface area contributed by atoms with Crippen LogP contribution < -0.4 is 25.3 Å². The first kappa shape index (κ1) is 22.8. The Balaban J connectivity index is 1.69. The number of amidine groups is 1. The minimum Gasteiger partial charge on any atom is -0.493 e. The molecule has 8 nitrogen and oxygen atoms in total. The quantitative estimate of drug-likeness (QED) is 0.233. The first-order valence-electron chi connectivity index (χ1n) is 9.61. The maximum absolute atomic E-state index is 12.7. The number of hydrogen-bond donors (Lipinski definition) is 2. The van der Waals surface area contributed by atoms with Crippen molar-refractivity contribution in [3.05, 3.63) is 69.9 Å². The van der Waals surface area contributed by atoms with Crippen LogP contribution in [-0.4, -0.2) is 31.9 Å². The molecule has 166 valence electrons. The highest BCUT2D eigenvalue weighted by Crippen LogP contribution is 2.38. The van der Waals surface area contributed by atoms with E-state index in [1.807, 2.05) is 41.8 Å². The lowest BCUT2D eigenvalue weighted by molar-refractivity contribution is -0.132. The first-order valence-corrected chi connectivity index (χ1v) is 10.5. The number of nitrogens with one attached hydrogen (secondary N) is 1. The summed E-state index contributed by atoms with van der Waals surface area (Å²) in [5.41, 5.74) is 7.93. The second-order valence-electron chi connectivity index (χ2n) is 6.63. The van der Waals surface area contributed by atoms with Crippen molar-refractivity contribution in [1.82, 2.24) is 5.32 Å².